The van der Waals surface area contributed by atoms with Crippen molar-refractivity contribution in [3.05, 3.63) is 0 Å². The lowest BCUT2D eigenvalue weighted by Crippen LogP contribution is -2.62. The highest BCUT2D eigenvalue weighted by atomic mass is 35.5. The third-order valence-electron chi connectivity index (χ3n) is 17.9. The van der Waals surface area contributed by atoms with Crippen molar-refractivity contribution in [3.8, 4) is 6.07 Å². The van der Waals surface area contributed by atoms with Gasteiger partial charge in [-0.2, -0.15) is 5.26 Å². The highest BCUT2D eigenvalue weighted by Crippen LogP contribution is 2.51. The molecule has 6 saturated heterocycles. The minimum Gasteiger partial charge on any atom is -0.375 e. The van der Waals surface area contributed by atoms with E-state index in [0.717, 1.165) is 122 Å². The summed E-state index contributed by atoms with van der Waals surface area (Å²) in [5, 5.41) is 16.8. The first-order chi connectivity index (χ1) is 31.0. The Hall–Kier alpha value is -1.20. The largest absolute Gasteiger partial charge is 0.375 e. The zero-order valence-corrected chi connectivity index (χ0v) is 40.1. The van der Waals surface area contributed by atoms with Gasteiger partial charge >= 0.3 is 0 Å². The van der Waals surface area contributed by atoms with Crippen LogP contribution < -0.4 is 32.3 Å². The number of fused-ring (bicyclic) bond motifs is 3. The van der Waals surface area contributed by atoms with Gasteiger partial charge in [-0.25, -0.2) is 26.1 Å². The lowest BCUT2D eigenvalue weighted by Gasteiger charge is -2.46. The van der Waals surface area contributed by atoms with E-state index in [4.69, 9.17) is 26.1 Å². The first kappa shape index (κ1) is 46.5. The standard InChI is InChI=1S/C47H77ClFN11O3S/c1-27-28(2)64-46-42(27)43(53-39(24-41-51-17-21-62-41)44-57-54-29(3)60(44)46)35-11-7-32(22-37(35)49)58-18-14-47(15-19-58)16-20-59(26-47)40-13-12-38(55-56-40)45(61)52-31-5-9-33(10-6-31)63-34-8-4-30(25-50)36(48)23-34/h27-42,44,46,51,54-57H,4-24,26H2,1-3H3,(H,52,61)/t27?,28?,29?,30?,31?,32?,33?,34?,35?,36?,37?,38?,39-,40?,41?,42?,44?,46?/m0/s1. The van der Waals surface area contributed by atoms with Crippen LogP contribution in [-0.2, 0) is 14.3 Å². The summed E-state index contributed by atoms with van der Waals surface area (Å²) >= 11 is 8.51. The molecular weight excluding hydrogens is 853 g/mol. The number of carbonyl (C=O) groups is 1. The summed E-state index contributed by atoms with van der Waals surface area (Å²) in [6.07, 6.45) is 14.8. The van der Waals surface area contributed by atoms with Crippen molar-refractivity contribution in [1.29, 1.82) is 5.26 Å². The number of hydrogen-bond donors (Lipinski definition) is 6. The van der Waals surface area contributed by atoms with Crippen molar-refractivity contribution in [2.24, 2.45) is 34.1 Å². The molecule has 17 heteroatoms. The van der Waals surface area contributed by atoms with Crippen molar-refractivity contribution >= 4 is 35.0 Å². The molecule has 0 radical (unpaired) electrons. The fourth-order valence-corrected chi connectivity index (χ4v) is 16.1. The van der Waals surface area contributed by atoms with E-state index < -0.39 is 6.17 Å². The lowest BCUT2D eigenvalue weighted by molar-refractivity contribution is -0.126. The van der Waals surface area contributed by atoms with Gasteiger partial charge in [0.15, 0.2) is 0 Å². The van der Waals surface area contributed by atoms with E-state index in [2.05, 4.69) is 85.6 Å². The number of nitriles is 1. The average Bonchev–Trinajstić information content (AvgIpc) is 4.10. The molecule has 7 heterocycles. The van der Waals surface area contributed by atoms with Crippen LogP contribution in [0.3, 0.4) is 0 Å². The lowest BCUT2D eigenvalue weighted by atomic mass is 9.73. The molecular formula is C47H77ClFN11O3S. The van der Waals surface area contributed by atoms with Gasteiger partial charge in [-0.3, -0.25) is 24.9 Å². The van der Waals surface area contributed by atoms with E-state index in [1.807, 2.05) is 0 Å². The van der Waals surface area contributed by atoms with Crippen molar-refractivity contribution in [3.63, 3.8) is 0 Å². The highest BCUT2D eigenvalue weighted by molar-refractivity contribution is 8.00. The van der Waals surface area contributed by atoms with E-state index in [0.29, 0.717) is 29.0 Å². The van der Waals surface area contributed by atoms with Crippen molar-refractivity contribution < 1.29 is 18.7 Å². The molecule has 9 fully saturated rings. The van der Waals surface area contributed by atoms with Gasteiger partial charge in [0.1, 0.15) is 18.4 Å². The van der Waals surface area contributed by atoms with Crippen LogP contribution in [0.4, 0.5) is 4.39 Å². The van der Waals surface area contributed by atoms with Crippen LogP contribution in [0.25, 0.3) is 0 Å². The number of nitrogens with zero attached hydrogens (tertiary/aromatic N) is 5. The molecule has 14 nitrogen and oxygen atoms in total. The van der Waals surface area contributed by atoms with Gasteiger partial charge in [0, 0.05) is 60.9 Å². The summed E-state index contributed by atoms with van der Waals surface area (Å²) in [6, 6.07) is 2.58. The van der Waals surface area contributed by atoms with Gasteiger partial charge in [-0.1, -0.05) is 13.8 Å². The van der Waals surface area contributed by atoms with Gasteiger partial charge in [0.25, 0.3) is 0 Å². The van der Waals surface area contributed by atoms with E-state index in [9.17, 15) is 10.1 Å². The van der Waals surface area contributed by atoms with Crippen LogP contribution in [0, 0.1) is 40.4 Å². The Labute approximate surface area is 390 Å². The number of carbonyl (C=O) groups excluding carboxylic acids is 1. The van der Waals surface area contributed by atoms with Crippen LogP contribution >= 0.6 is 23.4 Å². The smallest absolute Gasteiger partial charge is 0.238 e. The molecule has 1 spiro atoms. The maximum absolute atomic E-state index is 17.0. The van der Waals surface area contributed by atoms with Crippen LogP contribution in [0.15, 0.2) is 4.99 Å². The number of aliphatic imine (C=N–C) groups is 1. The molecule has 0 aromatic rings. The Bertz CT molecular complexity index is 1690. The SMILES string of the molecule is CC1SC2C(C(C3CCC(N4CCC5(CC4)CCN(C4CCC(C(=O)NC6CCC(OC7CCC(C#N)C(Cl)C7)CC6)NN4)C5)CC3F)=N[C@@H](CC3NCCO3)C3NNC(C)N23)C1C. The first-order valence-electron chi connectivity index (χ1n) is 25.5. The minimum atomic E-state index is -0.876. The Morgan fingerprint density at radius 2 is 1.75 bits per heavy atom. The molecule has 3 aliphatic carbocycles. The molecule has 6 N–H and O–H groups in total. The minimum absolute atomic E-state index is 0.0118. The second kappa shape index (κ2) is 20.0. The number of nitrogens with one attached hydrogen (secondary N) is 6. The Kier molecular flexibility index (Phi) is 14.6. The summed E-state index contributed by atoms with van der Waals surface area (Å²) in [5.74, 6) is 0.601. The van der Waals surface area contributed by atoms with Gasteiger partial charge in [-0.05, 0) is 128 Å². The monoisotopic (exact) mass is 930 g/mol. The zero-order chi connectivity index (χ0) is 44.1. The molecule has 358 valence electrons. The summed E-state index contributed by atoms with van der Waals surface area (Å²) in [7, 11) is 0. The number of amides is 1. The summed E-state index contributed by atoms with van der Waals surface area (Å²) in [4.78, 5) is 26.9. The van der Waals surface area contributed by atoms with Gasteiger partial charge in [0.2, 0.25) is 5.91 Å². The Morgan fingerprint density at radius 1 is 0.969 bits per heavy atom. The first-order valence-corrected chi connectivity index (χ1v) is 26.9. The quantitative estimate of drug-likeness (QED) is 0.180. The average molecular weight is 931 g/mol. The summed E-state index contributed by atoms with van der Waals surface area (Å²) < 4.78 is 29.4. The number of thioether (sulfide) groups is 1. The van der Waals surface area contributed by atoms with Gasteiger partial charge in [0.05, 0.1) is 66.1 Å². The van der Waals surface area contributed by atoms with Gasteiger partial charge < -0.3 is 19.7 Å². The van der Waals surface area contributed by atoms with Crippen molar-refractivity contribution in [2.45, 2.75) is 207 Å². The highest BCUT2D eigenvalue weighted by Gasteiger charge is 2.56. The maximum atomic E-state index is 17.0. The third-order valence-corrected chi connectivity index (χ3v) is 20.1. The maximum Gasteiger partial charge on any atom is 0.238 e. The summed E-state index contributed by atoms with van der Waals surface area (Å²) in [6.45, 7) is 12.9. The molecule has 0 bridgehead atoms. The molecule has 16 atom stereocenters. The topological polar surface area (TPSA) is 154 Å². The van der Waals surface area contributed by atoms with Gasteiger partial charge in [-0.15, -0.1) is 23.4 Å². The molecule has 0 aromatic carbocycles. The Balaban J connectivity index is 0.674. The molecule has 3 saturated carbocycles. The Morgan fingerprint density at radius 3 is 2.45 bits per heavy atom. The molecule has 1 amide bonds. The number of likely N-dealkylation sites (tertiary alicyclic amines) is 2. The molecule has 10 aliphatic rings. The fraction of sp³-hybridized carbons (Fsp3) is 0.936. The number of ether oxygens (including phenoxy) is 2. The second-order valence-corrected chi connectivity index (χ2v) is 23.8. The second-order valence-electron chi connectivity index (χ2n) is 21.7. The van der Waals surface area contributed by atoms with Crippen LogP contribution in [0.2, 0.25) is 0 Å². The van der Waals surface area contributed by atoms with Crippen molar-refractivity contribution in [1.82, 2.24) is 47.0 Å². The number of halogens is 2. The normalized spacial score (nSPS) is 46.8. The van der Waals surface area contributed by atoms with E-state index in [1.54, 1.807) is 0 Å². The number of rotatable bonds is 9. The number of piperidine rings is 1. The number of hydrogen-bond acceptors (Lipinski definition) is 14. The van der Waals surface area contributed by atoms with E-state index in [1.165, 1.54) is 19.3 Å². The molecule has 7 aliphatic heterocycles. The fourth-order valence-electron chi connectivity index (χ4n) is 13.8. The third kappa shape index (κ3) is 9.69. The predicted molar refractivity (Wildman–Crippen MR) is 249 cm³/mol. The molecule has 15 unspecified atom stereocenters. The number of hydrazine groups is 2. The molecule has 10 rings (SSSR count). The van der Waals surface area contributed by atoms with Crippen LogP contribution in [0.5, 0.6) is 0 Å². The summed E-state index contributed by atoms with van der Waals surface area (Å²) in [5.41, 5.74) is 15.6. The molecule has 0 aromatic heterocycles. The van der Waals surface area contributed by atoms with Crippen LogP contribution in [0.1, 0.15) is 124 Å². The molecule has 64 heavy (non-hydrogen) atoms. The predicted octanol–water partition coefficient (Wildman–Crippen LogP) is 4.56. The van der Waals surface area contributed by atoms with Crippen molar-refractivity contribution in [2.75, 3.05) is 39.3 Å². The zero-order valence-electron chi connectivity index (χ0n) is 38.6. The number of alkyl halides is 2. The van der Waals surface area contributed by atoms with E-state index >= 15 is 4.39 Å². The van der Waals surface area contributed by atoms with E-state index in [-0.39, 0.29) is 89.5 Å². The van der Waals surface area contributed by atoms with Crippen LogP contribution in [-0.4, -0.2) is 149 Å².